The fraction of sp³-hybridized carbons (Fsp3) is 0.500. The van der Waals surface area contributed by atoms with Gasteiger partial charge < -0.3 is 10.4 Å². The summed E-state index contributed by atoms with van der Waals surface area (Å²) in [7, 11) is 0. The maximum Gasteiger partial charge on any atom is 0.307 e. The Hall–Kier alpha value is -1.69. The molecule has 0 unspecified atom stereocenters. The Labute approximate surface area is 120 Å². The number of nitrogens with zero attached hydrogens (tertiary/aromatic N) is 1. The van der Waals surface area contributed by atoms with Gasteiger partial charge in [-0.05, 0) is 25.7 Å². The zero-order chi connectivity index (χ0) is 14.1. The van der Waals surface area contributed by atoms with Crippen LogP contribution in [0.1, 0.15) is 37.3 Å². The number of carboxylic acids is 1. The van der Waals surface area contributed by atoms with Crippen LogP contribution in [-0.2, 0) is 9.59 Å². The van der Waals surface area contributed by atoms with E-state index < -0.39 is 17.8 Å². The van der Waals surface area contributed by atoms with E-state index in [1.807, 2.05) is 17.5 Å². The molecule has 1 amide bonds. The molecular weight excluding hydrogens is 276 g/mol. The second-order valence-corrected chi connectivity index (χ2v) is 6.19. The fourth-order valence-electron chi connectivity index (χ4n) is 2.49. The molecule has 6 heteroatoms. The molecule has 0 saturated heterocycles. The number of amides is 1. The highest BCUT2D eigenvalue weighted by Crippen LogP contribution is 2.41. The van der Waals surface area contributed by atoms with E-state index in [-0.39, 0.29) is 5.91 Å². The summed E-state index contributed by atoms with van der Waals surface area (Å²) in [6, 6.07) is 0. The zero-order valence-corrected chi connectivity index (χ0v) is 11.7. The van der Waals surface area contributed by atoms with Gasteiger partial charge in [-0.3, -0.25) is 9.59 Å². The lowest BCUT2D eigenvalue weighted by Gasteiger charge is -2.23. The number of anilines is 1. The lowest BCUT2D eigenvalue weighted by molar-refractivity contribution is -0.146. The first-order chi connectivity index (χ1) is 9.65. The second kappa shape index (κ2) is 5.36. The van der Waals surface area contributed by atoms with Crippen molar-refractivity contribution in [3.05, 3.63) is 23.2 Å². The Bertz CT molecular complexity index is 563. The van der Waals surface area contributed by atoms with Gasteiger partial charge in [0, 0.05) is 11.3 Å². The highest BCUT2D eigenvalue weighted by molar-refractivity contribution is 7.13. The number of thiazole rings is 1. The monoisotopic (exact) mass is 292 g/mol. The third-order valence-electron chi connectivity index (χ3n) is 3.83. The van der Waals surface area contributed by atoms with E-state index in [1.165, 1.54) is 24.2 Å². The highest BCUT2D eigenvalue weighted by Gasteiger charge is 2.34. The third kappa shape index (κ3) is 2.75. The molecule has 0 aliphatic heterocycles. The quantitative estimate of drug-likeness (QED) is 0.836. The Morgan fingerprint density at radius 3 is 2.60 bits per heavy atom. The molecule has 106 valence electrons. The number of allylic oxidation sites excluding steroid dienone is 2. The van der Waals surface area contributed by atoms with Crippen LogP contribution < -0.4 is 5.32 Å². The summed E-state index contributed by atoms with van der Waals surface area (Å²) in [5.41, 5.74) is 1.05. The molecule has 2 aliphatic carbocycles. The summed E-state index contributed by atoms with van der Waals surface area (Å²) in [5, 5.41) is 14.5. The van der Waals surface area contributed by atoms with Gasteiger partial charge in [-0.25, -0.2) is 4.98 Å². The number of carbonyl (C=O) groups excluding carboxylic acids is 1. The molecule has 2 aliphatic rings. The maximum absolute atomic E-state index is 12.2. The van der Waals surface area contributed by atoms with E-state index >= 15 is 0 Å². The Kier molecular flexibility index (Phi) is 3.56. The van der Waals surface area contributed by atoms with Crippen molar-refractivity contribution in [1.29, 1.82) is 0 Å². The summed E-state index contributed by atoms with van der Waals surface area (Å²) in [6.45, 7) is 0. The van der Waals surface area contributed by atoms with E-state index in [0.29, 0.717) is 23.9 Å². The lowest BCUT2D eigenvalue weighted by Crippen LogP contribution is -2.34. The Balaban J connectivity index is 1.67. The summed E-state index contributed by atoms with van der Waals surface area (Å²) >= 11 is 1.41. The highest BCUT2D eigenvalue weighted by atomic mass is 32.1. The zero-order valence-electron chi connectivity index (χ0n) is 10.9. The van der Waals surface area contributed by atoms with Crippen molar-refractivity contribution in [1.82, 2.24) is 4.98 Å². The fourth-order valence-corrected chi connectivity index (χ4v) is 3.28. The van der Waals surface area contributed by atoms with E-state index in [0.717, 1.165) is 5.69 Å². The molecule has 1 aromatic heterocycles. The largest absolute Gasteiger partial charge is 0.481 e. The summed E-state index contributed by atoms with van der Waals surface area (Å²) in [4.78, 5) is 27.8. The van der Waals surface area contributed by atoms with Crippen LogP contribution in [0.2, 0.25) is 0 Å². The van der Waals surface area contributed by atoms with Crippen molar-refractivity contribution in [2.75, 3.05) is 5.32 Å². The predicted octanol–water partition coefficient (Wildman–Crippen LogP) is 2.63. The van der Waals surface area contributed by atoms with Crippen LogP contribution in [-0.4, -0.2) is 22.0 Å². The van der Waals surface area contributed by atoms with Crippen LogP contribution in [0.15, 0.2) is 17.5 Å². The van der Waals surface area contributed by atoms with E-state index in [2.05, 4.69) is 10.3 Å². The van der Waals surface area contributed by atoms with Crippen molar-refractivity contribution < 1.29 is 14.7 Å². The summed E-state index contributed by atoms with van der Waals surface area (Å²) in [6.07, 6.45) is 6.94. The van der Waals surface area contributed by atoms with E-state index in [4.69, 9.17) is 0 Å². The predicted molar refractivity (Wildman–Crippen MR) is 75.7 cm³/mol. The topological polar surface area (TPSA) is 79.3 Å². The minimum absolute atomic E-state index is 0.238. The van der Waals surface area contributed by atoms with E-state index in [1.54, 1.807) is 0 Å². The molecule has 20 heavy (non-hydrogen) atoms. The molecule has 3 rings (SSSR count). The number of aliphatic carboxylic acids is 1. The average molecular weight is 292 g/mol. The molecule has 0 radical (unpaired) electrons. The van der Waals surface area contributed by atoms with Crippen molar-refractivity contribution in [2.45, 2.75) is 31.6 Å². The van der Waals surface area contributed by atoms with Gasteiger partial charge in [0.25, 0.3) is 0 Å². The van der Waals surface area contributed by atoms with Crippen LogP contribution in [0.25, 0.3) is 0 Å². The van der Waals surface area contributed by atoms with E-state index in [9.17, 15) is 14.7 Å². The normalized spacial score (nSPS) is 25.4. The molecule has 1 aromatic rings. The first-order valence-corrected chi connectivity index (χ1v) is 7.67. The third-order valence-corrected chi connectivity index (χ3v) is 4.61. The molecule has 0 spiro atoms. The smallest absolute Gasteiger partial charge is 0.307 e. The molecule has 1 fully saturated rings. The van der Waals surface area contributed by atoms with Crippen LogP contribution in [0.5, 0.6) is 0 Å². The molecular formula is C14H16N2O3S. The SMILES string of the molecule is O=C(O)[C@H]1CC=CC[C@H]1C(=O)Nc1nc(C2CC2)cs1. The number of carbonyl (C=O) groups is 2. The lowest BCUT2D eigenvalue weighted by atomic mass is 9.82. The number of hydrogen-bond donors (Lipinski definition) is 2. The maximum atomic E-state index is 12.2. The van der Waals surface area contributed by atoms with Gasteiger partial charge in [-0.15, -0.1) is 11.3 Å². The van der Waals surface area contributed by atoms with Crippen molar-refractivity contribution in [3.63, 3.8) is 0 Å². The van der Waals surface area contributed by atoms with Crippen molar-refractivity contribution in [3.8, 4) is 0 Å². The molecule has 2 N–H and O–H groups in total. The second-order valence-electron chi connectivity index (χ2n) is 5.34. The molecule has 1 saturated carbocycles. The van der Waals surface area contributed by atoms with Gasteiger partial charge in [-0.1, -0.05) is 12.2 Å². The van der Waals surface area contributed by atoms with Gasteiger partial charge in [-0.2, -0.15) is 0 Å². The number of rotatable bonds is 4. The van der Waals surface area contributed by atoms with Crippen molar-refractivity contribution in [2.24, 2.45) is 11.8 Å². The number of carboxylic acid groups (broad SMARTS) is 1. The standard InChI is InChI=1S/C14H16N2O3S/c17-12(9-3-1-2-4-10(9)13(18)19)16-14-15-11(7-20-14)8-5-6-8/h1-2,7-10H,3-6H2,(H,18,19)(H,15,16,17)/t9-,10+/m1/s1. The number of aromatic nitrogens is 1. The van der Waals surface area contributed by atoms with Gasteiger partial charge in [0.2, 0.25) is 5.91 Å². The van der Waals surface area contributed by atoms with Gasteiger partial charge in [0.15, 0.2) is 5.13 Å². The van der Waals surface area contributed by atoms with Crippen LogP contribution in [0.4, 0.5) is 5.13 Å². The van der Waals surface area contributed by atoms with Crippen molar-refractivity contribution >= 4 is 28.3 Å². The average Bonchev–Trinajstić information content (AvgIpc) is 3.19. The molecule has 5 nitrogen and oxygen atoms in total. The first-order valence-electron chi connectivity index (χ1n) is 6.79. The van der Waals surface area contributed by atoms with Crippen LogP contribution in [0, 0.1) is 11.8 Å². The van der Waals surface area contributed by atoms with Gasteiger partial charge in [0.05, 0.1) is 17.5 Å². The van der Waals surface area contributed by atoms with Gasteiger partial charge >= 0.3 is 5.97 Å². The molecule has 0 aromatic carbocycles. The molecule has 0 bridgehead atoms. The van der Waals surface area contributed by atoms with Crippen LogP contribution >= 0.6 is 11.3 Å². The molecule has 2 atom stereocenters. The Morgan fingerprint density at radius 1 is 1.25 bits per heavy atom. The van der Waals surface area contributed by atoms with Gasteiger partial charge in [0.1, 0.15) is 0 Å². The van der Waals surface area contributed by atoms with Crippen LogP contribution in [0.3, 0.4) is 0 Å². The minimum atomic E-state index is -0.910. The minimum Gasteiger partial charge on any atom is -0.481 e. The number of hydrogen-bond acceptors (Lipinski definition) is 4. The molecule has 1 heterocycles. The first kappa shape index (κ1) is 13.3. The summed E-state index contributed by atoms with van der Waals surface area (Å²) < 4.78 is 0. The summed E-state index contributed by atoms with van der Waals surface area (Å²) in [5.74, 6) is -1.74. The number of nitrogens with one attached hydrogen (secondary N) is 1. The Morgan fingerprint density at radius 2 is 1.95 bits per heavy atom.